The van der Waals surface area contributed by atoms with Crippen molar-refractivity contribution in [2.24, 2.45) is 0 Å². The number of amides is 2. The van der Waals surface area contributed by atoms with E-state index in [1.54, 1.807) is 24.3 Å². The molecule has 0 aliphatic carbocycles. The number of hydrogen-bond acceptors (Lipinski definition) is 3. The lowest BCUT2D eigenvalue weighted by atomic mass is 10.1. The van der Waals surface area contributed by atoms with E-state index >= 15 is 0 Å². The van der Waals surface area contributed by atoms with Crippen LogP contribution in [-0.4, -0.2) is 29.8 Å². The van der Waals surface area contributed by atoms with Gasteiger partial charge in [0, 0.05) is 31.3 Å². The van der Waals surface area contributed by atoms with Crippen molar-refractivity contribution in [2.45, 2.75) is 39.3 Å². The van der Waals surface area contributed by atoms with Gasteiger partial charge in [-0.3, -0.25) is 14.5 Å². The van der Waals surface area contributed by atoms with E-state index < -0.39 is 0 Å². The fourth-order valence-corrected chi connectivity index (χ4v) is 3.36. The van der Waals surface area contributed by atoms with Crippen LogP contribution in [0.15, 0.2) is 48.5 Å². The third kappa shape index (κ3) is 5.93. The van der Waals surface area contributed by atoms with Crippen LogP contribution in [-0.2, 0) is 17.9 Å². The van der Waals surface area contributed by atoms with Crippen molar-refractivity contribution < 1.29 is 9.59 Å². The Kier molecular flexibility index (Phi) is 6.60. The molecule has 3 rings (SSSR count). The number of nitrogens with zero attached hydrogens (tertiary/aromatic N) is 1. The Balaban J connectivity index is 1.52. The zero-order valence-electron chi connectivity index (χ0n) is 15.8. The van der Waals surface area contributed by atoms with Crippen LogP contribution in [0.5, 0.6) is 0 Å². The molecule has 5 heteroatoms. The lowest BCUT2D eigenvalue weighted by Crippen LogP contribution is -2.29. The molecular weight excluding hydrogens is 338 g/mol. The summed E-state index contributed by atoms with van der Waals surface area (Å²) in [6.45, 7) is 5.31. The molecule has 2 aromatic rings. The van der Waals surface area contributed by atoms with Gasteiger partial charge in [-0.15, -0.1) is 0 Å². The van der Waals surface area contributed by atoms with Crippen LogP contribution in [0.2, 0.25) is 0 Å². The first-order chi connectivity index (χ1) is 13.1. The number of rotatable bonds is 6. The lowest BCUT2D eigenvalue weighted by Gasteiger charge is -2.26. The zero-order chi connectivity index (χ0) is 19.1. The standard InChI is InChI=1S/C22H27N3O2/c1-17(26)24-21-7-5-6-20(14-21)22(27)23-15-18-8-10-19(11-9-18)16-25-12-3-2-4-13-25/h5-11,14H,2-4,12-13,15-16H2,1H3,(H,23,27)(H,24,26). The molecule has 142 valence electrons. The SMILES string of the molecule is CC(=O)Nc1cccc(C(=O)NCc2ccc(CN3CCCCC3)cc2)c1. The van der Waals surface area contributed by atoms with E-state index in [1.807, 2.05) is 0 Å². The number of benzene rings is 2. The lowest BCUT2D eigenvalue weighted by molar-refractivity contribution is -0.114. The Labute approximate surface area is 160 Å². The molecule has 0 saturated carbocycles. The number of carbonyl (C=O) groups excluding carboxylic acids is 2. The highest BCUT2D eigenvalue weighted by molar-refractivity contribution is 5.96. The van der Waals surface area contributed by atoms with E-state index in [4.69, 9.17) is 0 Å². The predicted molar refractivity (Wildman–Crippen MR) is 107 cm³/mol. The number of carbonyl (C=O) groups is 2. The van der Waals surface area contributed by atoms with Crippen molar-refractivity contribution in [1.82, 2.24) is 10.2 Å². The molecule has 2 amide bonds. The van der Waals surface area contributed by atoms with Crippen LogP contribution in [0, 0.1) is 0 Å². The largest absolute Gasteiger partial charge is 0.348 e. The number of hydrogen-bond donors (Lipinski definition) is 2. The first-order valence-corrected chi connectivity index (χ1v) is 9.56. The molecule has 0 aromatic heterocycles. The molecule has 1 fully saturated rings. The van der Waals surface area contributed by atoms with Crippen molar-refractivity contribution in [3.8, 4) is 0 Å². The average molecular weight is 365 g/mol. The van der Waals surface area contributed by atoms with Gasteiger partial charge in [-0.25, -0.2) is 0 Å². The first-order valence-electron chi connectivity index (χ1n) is 9.56. The molecular formula is C22H27N3O2. The van der Waals surface area contributed by atoms with Crippen molar-refractivity contribution >= 4 is 17.5 Å². The second kappa shape index (κ2) is 9.33. The van der Waals surface area contributed by atoms with Gasteiger partial charge in [-0.1, -0.05) is 36.8 Å². The van der Waals surface area contributed by atoms with E-state index in [1.165, 1.54) is 44.8 Å². The minimum absolute atomic E-state index is 0.153. The summed E-state index contributed by atoms with van der Waals surface area (Å²) in [7, 11) is 0. The summed E-state index contributed by atoms with van der Waals surface area (Å²) >= 11 is 0. The number of nitrogens with one attached hydrogen (secondary N) is 2. The molecule has 1 aliphatic heterocycles. The molecule has 1 saturated heterocycles. The van der Waals surface area contributed by atoms with Crippen LogP contribution in [0.1, 0.15) is 47.7 Å². The van der Waals surface area contributed by atoms with Gasteiger partial charge in [0.1, 0.15) is 0 Å². The maximum Gasteiger partial charge on any atom is 0.251 e. The van der Waals surface area contributed by atoms with Crippen LogP contribution in [0.3, 0.4) is 0 Å². The van der Waals surface area contributed by atoms with E-state index in [2.05, 4.69) is 39.8 Å². The van der Waals surface area contributed by atoms with Gasteiger partial charge >= 0.3 is 0 Å². The molecule has 5 nitrogen and oxygen atoms in total. The smallest absolute Gasteiger partial charge is 0.251 e. The Morgan fingerprint density at radius 2 is 1.67 bits per heavy atom. The minimum Gasteiger partial charge on any atom is -0.348 e. The normalized spacial score (nSPS) is 14.6. The van der Waals surface area contributed by atoms with Crippen molar-refractivity contribution in [3.63, 3.8) is 0 Å². The minimum atomic E-state index is -0.155. The molecule has 27 heavy (non-hydrogen) atoms. The maximum atomic E-state index is 12.4. The average Bonchev–Trinajstić information content (AvgIpc) is 2.68. The van der Waals surface area contributed by atoms with Crippen molar-refractivity contribution in [2.75, 3.05) is 18.4 Å². The molecule has 0 unspecified atom stereocenters. The Bertz CT molecular complexity index is 780. The fourth-order valence-electron chi connectivity index (χ4n) is 3.36. The molecule has 0 spiro atoms. The topological polar surface area (TPSA) is 61.4 Å². The van der Waals surface area contributed by atoms with Gasteiger partial charge < -0.3 is 10.6 Å². The number of piperidine rings is 1. The van der Waals surface area contributed by atoms with Gasteiger partial charge in [-0.2, -0.15) is 0 Å². The summed E-state index contributed by atoms with van der Waals surface area (Å²) in [5.41, 5.74) is 3.54. The molecule has 2 aromatic carbocycles. The summed E-state index contributed by atoms with van der Waals surface area (Å²) in [4.78, 5) is 26.0. The Morgan fingerprint density at radius 1 is 0.963 bits per heavy atom. The Morgan fingerprint density at radius 3 is 2.37 bits per heavy atom. The summed E-state index contributed by atoms with van der Waals surface area (Å²) < 4.78 is 0. The number of anilines is 1. The van der Waals surface area contributed by atoms with Gasteiger partial charge in [0.25, 0.3) is 5.91 Å². The summed E-state index contributed by atoms with van der Waals surface area (Å²) in [6, 6.07) is 15.4. The number of likely N-dealkylation sites (tertiary alicyclic amines) is 1. The van der Waals surface area contributed by atoms with E-state index in [-0.39, 0.29) is 11.8 Å². The van der Waals surface area contributed by atoms with E-state index in [0.29, 0.717) is 17.8 Å². The van der Waals surface area contributed by atoms with Crippen LogP contribution >= 0.6 is 0 Å². The van der Waals surface area contributed by atoms with E-state index in [9.17, 15) is 9.59 Å². The highest BCUT2D eigenvalue weighted by atomic mass is 16.2. The summed E-state index contributed by atoms with van der Waals surface area (Å²) in [6.07, 6.45) is 3.95. The molecule has 1 aliphatic rings. The molecule has 0 bridgehead atoms. The zero-order valence-corrected chi connectivity index (χ0v) is 15.8. The quantitative estimate of drug-likeness (QED) is 0.823. The van der Waals surface area contributed by atoms with Gasteiger partial charge in [-0.05, 0) is 55.3 Å². The van der Waals surface area contributed by atoms with Crippen LogP contribution < -0.4 is 10.6 Å². The van der Waals surface area contributed by atoms with E-state index in [0.717, 1.165) is 12.1 Å². The van der Waals surface area contributed by atoms with Gasteiger partial charge in [0.2, 0.25) is 5.91 Å². The van der Waals surface area contributed by atoms with Crippen LogP contribution in [0.25, 0.3) is 0 Å². The summed E-state index contributed by atoms with van der Waals surface area (Å²) in [5, 5.41) is 5.63. The fraction of sp³-hybridized carbons (Fsp3) is 0.364. The van der Waals surface area contributed by atoms with Crippen molar-refractivity contribution in [3.05, 3.63) is 65.2 Å². The molecule has 2 N–H and O–H groups in total. The third-order valence-electron chi connectivity index (χ3n) is 4.78. The monoisotopic (exact) mass is 365 g/mol. The second-order valence-corrected chi connectivity index (χ2v) is 7.10. The molecule has 1 heterocycles. The molecule has 0 atom stereocenters. The molecule has 0 radical (unpaired) electrons. The summed E-state index contributed by atoms with van der Waals surface area (Å²) in [5.74, 6) is -0.309. The van der Waals surface area contributed by atoms with Crippen LogP contribution in [0.4, 0.5) is 5.69 Å². The van der Waals surface area contributed by atoms with Gasteiger partial charge in [0.15, 0.2) is 0 Å². The highest BCUT2D eigenvalue weighted by Gasteiger charge is 2.10. The van der Waals surface area contributed by atoms with Crippen molar-refractivity contribution in [1.29, 1.82) is 0 Å². The highest BCUT2D eigenvalue weighted by Crippen LogP contribution is 2.14. The second-order valence-electron chi connectivity index (χ2n) is 7.10. The maximum absolute atomic E-state index is 12.4. The first kappa shape index (κ1) is 19.1. The van der Waals surface area contributed by atoms with Gasteiger partial charge in [0.05, 0.1) is 0 Å². The Hall–Kier alpha value is -2.66. The predicted octanol–water partition coefficient (Wildman–Crippen LogP) is 3.56. The third-order valence-corrected chi connectivity index (χ3v) is 4.78.